The molecule has 3 N–H and O–H groups in total. The van der Waals surface area contributed by atoms with Gasteiger partial charge >= 0.3 is 0 Å². The molecule has 1 aromatic heterocycles. The van der Waals surface area contributed by atoms with E-state index in [1.165, 1.54) is 0 Å². The Hall–Kier alpha value is -1.60. The number of carbonyl (C=O) groups is 1. The zero-order valence-corrected chi connectivity index (χ0v) is 17.2. The average molecular weight is 381 g/mol. The molecule has 0 aliphatic heterocycles. The maximum Gasteiger partial charge on any atom is 0.230 e. The van der Waals surface area contributed by atoms with Gasteiger partial charge in [-0.25, -0.2) is 4.99 Å². The molecule has 1 atom stereocenters. The van der Waals surface area contributed by atoms with Gasteiger partial charge in [0.2, 0.25) is 5.91 Å². The zero-order chi connectivity index (χ0) is 19.2. The molecular formula is C19H32N4O2S. The normalized spacial score (nSPS) is 19.0. The third-order valence-electron chi connectivity index (χ3n) is 5.05. The molecule has 1 aliphatic carbocycles. The number of rotatable bonds is 7. The predicted octanol–water partition coefficient (Wildman–Crippen LogP) is 2.16. The molecule has 1 amide bonds. The summed E-state index contributed by atoms with van der Waals surface area (Å²) >= 11 is 1.56. The molecule has 1 aliphatic rings. The van der Waals surface area contributed by atoms with Gasteiger partial charge in [0.25, 0.3) is 0 Å². The van der Waals surface area contributed by atoms with Crippen molar-refractivity contribution in [2.75, 3.05) is 33.7 Å². The summed E-state index contributed by atoms with van der Waals surface area (Å²) in [6.07, 6.45) is 3.98. The molecular weight excluding hydrogens is 348 g/mol. The summed E-state index contributed by atoms with van der Waals surface area (Å²) in [5.41, 5.74) is -0.486. The molecule has 1 saturated carbocycles. The van der Waals surface area contributed by atoms with Crippen molar-refractivity contribution < 1.29 is 9.90 Å². The lowest BCUT2D eigenvalue weighted by Gasteiger charge is -2.31. The number of hydrogen-bond donors (Lipinski definition) is 3. The van der Waals surface area contributed by atoms with Crippen LogP contribution in [0.5, 0.6) is 0 Å². The van der Waals surface area contributed by atoms with Crippen LogP contribution in [0.15, 0.2) is 21.8 Å². The lowest BCUT2D eigenvalue weighted by molar-refractivity contribution is -0.138. The van der Waals surface area contributed by atoms with Crippen molar-refractivity contribution in [1.82, 2.24) is 15.5 Å². The Morgan fingerprint density at radius 2 is 2.08 bits per heavy atom. The molecule has 0 bridgehead atoms. The van der Waals surface area contributed by atoms with Gasteiger partial charge in [0.05, 0.1) is 12.0 Å². The first kappa shape index (κ1) is 20.7. The van der Waals surface area contributed by atoms with Gasteiger partial charge in [-0.2, -0.15) is 11.3 Å². The number of amides is 1. The van der Waals surface area contributed by atoms with Crippen molar-refractivity contribution in [1.29, 1.82) is 0 Å². The summed E-state index contributed by atoms with van der Waals surface area (Å²) < 4.78 is 0. The first-order chi connectivity index (χ1) is 12.3. The molecule has 2 rings (SSSR count). The number of nitrogens with zero attached hydrogens (tertiary/aromatic N) is 2. The summed E-state index contributed by atoms with van der Waals surface area (Å²) in [5, 5.41) is 21.1. The van der Waals surface area contributed by atoms with Crippen LogP contribution >= 0.6 is 11.3 Å². The molecule has 6 nitrogen and oxygen atoms in total. The molecule has 0 saturated heterocycles. The molecule has 7 heteroatoms. The van der Waals surface area contributed by atoms with Crippen LogP contribution in [0.25, 0.3) is 0 Å². The van der Waals surface area contributed by atoms with E-state index in [0.29, 0.717) is 12.5 Å². The lowest BCUT2D eigenvalue weighted by atomic mass is 9.84. The van der Waals surface area contributed by atoms with Gasteiger partial charge in [-0.1, -0.05) is 12.8 Å². The summed E-state index contributed by atoms with van der Waals surface area (Å²) in [5.74, 6) is 0.824. The molecule has 26 heavy (non-hydrogen) atoms. The van der Waals surface area contributed by atoms with E-state index in [-0.39, 0.29) is 17.9 Å². The Morgan fingerprint density at radius 3 is 2.62 bits per heavy atom. The van der Waals surface area contributed by atoms with Crippen molar-refractivity contribution in [2.24, 2.45) is 10.4 Å². The first-order valence-electron chi connectivity index (χ1n) is 9.30. The number of nitrogens with one attached hydrogen (secondary N) is 2. The Balaban J connectivity index is 2.06. The highest BCUT2D eigenvalue weighted by atomic mass is 32.1. The van der Waals surface area contributed by atoms with E-state index in [0.717, 1.165) is 37.8 Å². The molecule has 146 valence electrons. The molecule has 0 spiro atoms. The van der Waals surface area contributed by atoms with Gasteiger partial charge in [-0.3, -0.25) is 4.79 Å². The van der Waals surface area contributed by atoms with E-state index in [2.05, 4.69) is 15.6 Å². The first-order valence-corrected chi connectivity index (χ1v) is 10.2. The molecule has 1 aromatic rings. The van der Waals surface area contributed by atoms with E-state index in [1.807, 2.05) is 37.8 Å². The quantitative estimate of drug-likeness (QED) is 0.500. The average Bonchev–Trinajstić information content (AvgIpc) is 3.29. The minimum atomic E-state index is -1.01. The second-order valence-electron chi connectivity index (χ2n) is 7.52. The van der Waals surface area contributed by atoms with Gasteiger partial charge in [0, 0.05) is 27.2 Å². The molecule has 0 radical (unpaired) electrons. The fourth-order valence-electron chi connectivity index (χ4n) is 3.48. The topological polar surface area (TPSA) is 77.0 Å². The van der Waals surface area contributed by atoms with Gasteiger partial charge in [-0.05, 0) is 49.1 Å². The number of guanidine groups is 1. The van der Waals surface area contributed by atoms with Gasteiger partial charge in [0.1, 0.15) is 5.60 Å². The SMILES string of the molecule is CCNC(=NCC(C)(O)c1ccsc1)NCC1(C(=O)N(C)C)CCCC1. The highest BCUT2D eigenvalue weighted by molar-refractivity contribution is 7.08. The van der Waals surface area contributed by atoms with E-state index in [4.69, 9.17) is 0 Å². The van der Waals surface area contributed by atoms with Crippen LogP contribution < -0.4 is 10.6 Å². The van der Waals surface area contributed by atoms with Gasteiger partial charge in [0.15, 0.2) is 5.96 Å². The Kier molecular flexibility index (Phi) is 7.06. The van der Waals surface area contributed by atoms with Crippen LogP contribution in [0, 0.1) is 5.41 Å². The minimum Gasteiger partial charge on any atom is -0.383 e. The van der Waals surface area contributed by atoms with Crippen LogP contribution in [-0.2, 0) is 10.4 Å². The monoisotopic (exact) mass is 380 g/mol. The zero-order valence-electron chi connectivity index (χ0n) is 16.3. The van der Waals surface area contributed by atoms with E-state index in [1.54, 1.807) is 23.2 Å². The largest absolute Gasteiger partial charge is 0.383 e. The van der Waals surface area contributed by atoms with Crippen molar-refractivity contribution in [3.05, 3.63) is 22.4 Å². The van der Waals surface area contributed by atoms with Crippen LogP contribution in [0.1, 0.15) is 45.1 Å². The van der Waals surface area contributed by atoms with Gasteiger partial charge in [-0.15, -0.1) is 0 Å². The summed E-state index contributed by atoms with van der Waals surface area (Å²) in [6.45, 7) is 5.33. The standard InChI is InChI=1S/C19H32N4O2S/c1-5-20-17(21-13-18(2,25)15-8-11-26-12-15)22-14-19(9-6-7-10-19)16(24)23(3)4/h8,11-12,25H,5-7,9-10,13-14H2,1-4H3,(H2,20,21,22). The third-order valence-corrected chi connectivity index (χ3v) is 5.73. The molecule has 1 fully saturated rings. The number of aliphatic imine (C=N–C) groups is 1. The number of hydrogen-bond acceptors (Lipinski definition) is 4. The van der Waals surface area contributed by atoms with E-state index >= 15 is 0 Å². The number of aliphatic hydroxyl groups is 1. The van der Waals surface area contributed by atoms with Crippen LogP contribution in [0.3, 0.4) is 0 Å². The Morgan fingerprint density at radius 1 is 1.38 bits per heavy atom. The van der Waals surface area contributed by atoms with Crippen molar-refractivity contribution in [2.45, 2.75) is 45.1 Å². The van der Waals surface area contributed by atoms with E-state index in [9.17, 15) is 9.90 Å². The van der Waals surface area contributed by atoms with Gasteiger partial charge < -0.3 is 20.6 Å². The van der Waals surface area contributed by atoms with Crippen molar-refractivity contribution in [3.63, 3.8) is 0 Å². The molecule has 0 aromatic carbocycles. The van der Waals surface area contributed by atoms with Crippen molar-refractivity contribution in [3.8, 4) is 0 Å². The number of thiophene rings is 1. The van der Waals surface area contributed by atoms with Crippen LogP contribution in [0.4, 0.5) is 0 Å². The molecule has 1 heterocycles. The second kappa shape index (κ2) is 8.86. The van der Waals surface area contributed by atoms with E-state index < -0.39 is 5.60 Å². The smallest absolute Gasteiger partial charge is 0.230 e. The fraction of sp³-hybridized carbons (Fsp3) is 0.684. The Bertz CT molecular complexity index is 605. The minimum absolute atomic E-state index is 0.184. The number of carbonyl (C=O) groups excluding carboxylic acids is 1. The predicted molar refractivity (Wildman–Crippen MR) is 107 cm³/mol. The Labute approximate surface area is 160 Å². The summed E-state index contributed by atoms with van der Waals surface area (Å²) in [7, 11) is 3.64. The highest BCUT2D eigenvalue weighted by Gasteiger charge is 2.42. The highest BCUT2D eigenvalue weighted by Crippen LogP contribution is 2.38. The fourth-order valence-corrected chi connectivity index (χ4v) is 4.27. The summed E-state index contributed by atoms with van der Waals surface area (Å²) in [4.78, 5) is 19.0. The maximum atomic E-state index is 12.7. The van der Waals surface area contributed by atoms with Crippen molar-refractivity contribution >= 4 is 23.2 Å². The third kappa shape index (κ3) is 4.98. The summed E-state index contributed by atoms with van der Waals surface area (Å²) in [6, 6.07) is 1.92. The lowest BCUT2D eigenvalue weighted by Crippen LogP contribution is -2.49. The van der Waals surface area contributed by atoms with Crippen LogP contribution in [-0.4, -0.2) is 55.6 Å². The molecule has 1 unspecified atom stereocenters. The second-order valence-corrected chi connectivity index (χ2v) is 8.30. The van der Waals surface area contributed by atoms with Crippen LogP contribution in [0.2, 0.25) is 0 Å². The maximum absolute atomic E-state index is 12.7.